The van der Waals surface area contributed by atoms with Crippen molar-refractivity contribution in [2.24, 2.45) is 4.99 Å². The van der Waals surface area contributed by atoms with Crippen molar-refractivity contribution < 1.29 is 0 Å². The van der Waals surface area contributed by atoms with E-state index in [0.717, 1.165) is 14.2 Å². The summed E-state index contributed by atoms with van der Waals surface area (Å²) in [6.45, 7) is 0.532. The number of hydrogen-bond acceptors (Lipinski definition) is 2. The summed E-state index contributed by atoms with van der Waals surface area (Å²) < 4.78 is 1.11. The Morgan fingerprint density at radius 3 is 2.71 bits per heavy atom. The molecule has 0 aliphatic carbocycles. The van der Waals surface area contributed by atoms with Crippen LogP contribution in [-0.4, -0.2) is 12.8 Å². The Morgan fingerprint density at radius 2 is 2.00 bits per heavy atom. The fourth-order valence-electron chi connectivity index (χ4n) is 1.24. The molecule has 0 N–H and O–H groups in total. The van der Waals surface area contributed by atoms with Crippen LogP contribution >= 0.6 is 27.3 Å². The molecule has 17 heavy (non-hydrogen) atoms. The molecule has 0 atom stereocenters. The minimum atomic E-state index is 0.532. The number of halogens is 1. The van der Waals surface area contributed by atoms with Gasteiger partial charge in [-0.25, -0.2) is 0 Å². The van der Waals surface area contributed by atoms with E-state index in [1.807, 2.05) is 48.7 Å². The van der Waals surface area contributed by atoms with Gasteiger partial charge in [-0.1, -0.05) is 42.2 Å². The lowest BCUT2D eigenvalue weighted by molar-refractivity contribution is 1.30. The van der Waals surface area contributed by atoms with Crippen molar-refractivity contribution in [2.45, 2.75) is 0 Å². The van der Waals surface area contributed by atoms with Gasteiger partial charge in [0.05, 0.1) is 8.66 Å². The summed E-state index contributed by atoms with van der Waals surface area (Å²) in [5.74, 6) is 6.10. The molecule has 0 unspecified atom stereocenters. The largest absolute Gasteiger partial charge is 0.280 e. The second-order valence-corrected chi connectivity index (χ2v) is 5.75. The molecule has 1 aromatic carbocycles. The average molecular weight is 304 g/mol. The fraction of sp³-hybridized carbons (Fsp3) is 0.0714. The predicted molar refractivity (Wildman–Crippen MR) is 77.8 cm³/mol. The lowest BCUT2D eigenvalue weighted by atomic mass is 10.2. The zero-order valence-electron chi connectivity index (χ0n) is 9.06. The molecule has 1 heterocycles. The number of nitrogens with zero attached hydrogens (tertiary/aromatic N) is 1. The van der Waals surface area contributed by atoms with Crippen LogP contribution in [-0.2, 0) is 0 Å². The molecule has 0 aliphatic heterocycles. The maximum absolute atomic E-state index is 4.26. The summed E-state index contributed by atoms with van der Waals surface area (Å²) in [6, 6.07) is 14.0. The Bertz CT molecular complexity index is 561. The number of rotatable bonds is 2. The van der Waals surface area contributed by atoms with Crippen molar-refractivity contribution in [1.29, 1.82) is 0 Å². The van der Waals surface area contributed by atoms with Crippen LogP contribution in [0.1, 0.15) is 10.4 Å². The smallest absolute Gasteiger partial charge is 0.100 e. The van der Waals surface area contributed by atoms with Gasteiger partial charge in [0.1, 0.15) is 6.54 Å². The highest BCUT2D eigenvalue weighted by Gasteiger charge is 1.90. The van der Waals surface area contributed by atoms with Crippen LogP contribution < -0.4 is 0 Å². The predicted octanol–water partition coefficient (Wildman–Crippen LogP) is 3.98. The monoisotopic (exact) mass is 303 g/mol. The molecule has 1 nitrogen and oxygen atoms in total. The normalized spacial score (nSPS) is 10.2. The molecule has 0 radical (unpaired) electrons. The third kappa shape index (κ3) is 4.18. The molecule has 1 aromatic heterocycles. The molecule has 0 spiro atoms. The quantitative estimate of drug-likeness (QED) is 0.588. The third-order valence-corrected chi connectivity index (χ3v) is 3.53. The molecule has 0 saturated heterocycles. The van der Waals surface area contributed by atoms with Crippen LogP contribution in [0, 0.1) is 11.8 Å². The number of thiophene rings is 1. The van der Waals surface area contributed by atoms with Crippen LogP contribution in [0.5, 0.6) is 0 Å². The van der Waals surface area contributed by atoms with Gasteiger partial charge in [-0.3, -0.25) is 4.99 Å². The topological polar surface area (TPSA) is 12.4 Å². The molecule has 0 saturated carbocycles. The summed E-state index contributed by atoms with van der Waals surface area (Å²) >= 11 is 5.04. The van der Waals surface area contributed by atoms with Gasteiger partial charge in [0.2, 0.25) is 0 Å². The average Bonchev–Trinajstić information content (AvgIpc) is 2.76. The highest BCUT2D eigenvalue weighted by Crippen LogP contribution is 2.20. The number of aliphatic imine (C=N–C) groups is 1. The second-order valence-electron chi connectivity index (χ2n) is 3.29. The van der Waals surface area contributed by atoms with E-state index in [1.165, 1.54) is 0 Å². The maximum Gasteiger partial charge on any atom is 0.100 e. The molecule has 2 rings (SSSR count). The molecule has 2 aromatic rings. The van der Waals surface area contributed by atoms with Crippen molar-refractivity contribution in [1.82, 2.24) is 0 Å². The first-order chi connectivity index (χ1) is 8.34. The van der Waals surface area contributed by atoms with Crippen molar-refractivity contribution in [3.8, 4) is 11.8 Å². The lowest BCUT2D eigenvalue weighted by Gasteiger charge is -1.88. The zero-order chi connectivity index (χ0) is 11.9. The van der Waals surface area contributed by atoms with Gasteiger partial charge >= 0.3 is 0 Å². The van der Waals surface area contributed by atoms with Gasteiger partial charge in [0.15, 0.2) is 0 Å². The summed E-state index contributed by atoms with van der Waals surface area (Å²) in [6.07, 6.45) is 1.85. The van der Waals surface area contributed by atoms with Crippen molar-refractivity contribution in [2.75, 3.05) is 6.54 Å². The highest BCUT2D eigenvalue weighted by molar-refractivity contribution is 9.11. The minimum Gasteiger partial charge on any atom is -0.280 e. The molecule has 0 bridgehead atoms. The van der Waals surface area contributed by atoms with Gasteiger partial charge in [-0.05, 0) is 33.6 Å². The molecular weight excluding hydrogens is 294 g/mol. The Morgan fingerprint density at radius 1 is 1.18 bits per heavy atom. The summed E-state index contributed by atoms with van der Waals surface area (Å²) in [5.41, 5.74) is 1.10. The van der Waals surface area contributed by atoms with Gasteiger partial charge < -0.3 is 0 Å². The molecule has 84 valence electrons. The number of benzene rings is 1. The Hall–Kier alpha value is -1.37. The van der Waals surface area contributed by atoms with E-state index >= 15 is 0 Å². The van der Waals surface area contributed by atoms with Crippen molar-refractivity contribution in [3.63, 3.8) is 0 Å². The first-order valence-corrected chi connectivity index (χ1v) is 6.74. The van der Waals surface area contributed by atoms with Crippen LogP contribution in [0.2, 0.25) is 0 Å². The van der Waals surface area contributed by atoms with Crippen molar-refractivity contribution in [3.05, 3.63) is 56.7 Å². The van der Waals surface area contributed by atoms with Gasteiger partial charge in [0.25, 0.3) is 0 Å². The van der Waals surface area contributed by atoms with Gasteiger partial charge in [-0.15, -0.1) is 11.3 Å². The molecule has 3 heteroatoms. The molecular formula is C14H10BrNS. The van der Waals surface area contributed by atoms with E-state index in [1.54, 1.807) is 11.3 Å². The summed E-state index contributed by atoms with van der Waals surface area (Å²) in [5, 5.41) is 0. The van der Waals surface area contributed by atoms with Crippen LogP contribution in [0.3, 0.4) is 0 Å². The van der Waals surface area contributed by atoms with Crippen molar-refractivity contribution >= 4 is 33.5 Å². The van der Waals surface area contributed by atoms with Gasteiger partial charge in [0, 0.05) is 6.21 Å². The van der Waals surface area contributed by atoms with E-state index in [4.69, 9.17) is 0 Å². The van der Waals surface area contributed by atoms with E-state index in [-0.39, 0.29) is 0 Å². The molecule has 0 aliphatic rings. The summed E-state index contributed by atoms with van der Waals surface area (Å²) in [4.78, 5) is 5.32. The van der Waals surface area contributed by atoms with Gasteiger partial charge in [-0.2, -0.15) is 0 Å². The van der Waals surface area contributed by atoms with E-state index in [9.17, 15) is 0 Å². The first-order valence-electron chi connectivity index (χ1n) is 5.14. The van der Waals surface area contributed by atoms with E-state index < -0.39 is 0 Å². The minimum absolute atomic E-state index is 0.532. The van der Waals surface area contributed by atoms with E-state index in [0.29, 0.717) is 6.54 Å². The fourth-order valence-corrected chi connectivity index (χ4v) is 2.50. The lowest BCUT2D eigenvalue weighted by Crippen LogP contribution is -1.81. The van der Waals surface area contributed by atoms with Crippen LogP contribution in [0.15, 0.2) is 51.2 Å². The maximum atomic E-state index is 4.26. The Balaban J connectivity index is 1.88. The zero-order valence-corrected chi connectivity index (χ0v) is 11.5. The highest BCUT2D eigenvalue weighted by atomic mass is 79.9. The SMILES string of the molecule is Brc1ccc(C#CC/N=C/c2ccccc2)s1. The first kappa shape index (κ1) is 12.1. The van der Waals surface area contributed by atoms with Crippen LogP contribution in [0.25, 0.3) is 0 Å². The Kier molecular flexibility index (Phi) is 4.54. The third-order valence-electron chi connectivity index (χ3n) is 2.00. The number of hydrogen-bond donors (Lipinski definition) is 0. The summed E-state index contributed by atoms with van der Waals surface area (Å²) in [7, 11) is 0. The Labute approximate surface area is 113 Å². The van der Waals surface area contributed by atoms with E-state index in [2.05, 4.69) is 32.8 Å². The van der Waals surface area contributed by atoms with Crippen LogP contribution in [0.4, 0.5) is 0 Å². The second kappa shape index (κ2) is 6.39. The molecule has 0 amide bonds. The standard InChI is InChI=1S/C14H10BrNS/c15-14-9-8-13(17-14)7-4-10-16-11-12-5-2-1-3-6-12/h1-3,5-6,8-9,11H,10H2/b16-11+. The molecule has 0 fully saturated rings.